The fraction of sp³-hybridized carbons (Fsp3) is 0.333. The quantitative estimate of drug-likeness (QED) is 0.802. The fourth-order valence-corrected chi connectivity index (χ4v) is 4.01. The maximum Gasteiger partial charge on any atom is 0.416 e. The topological polar surface area (TPSA) is 66.4 Å². The maximum atomic E-state index is 12.8. The van der Waals surface area contributed by atoms with Gasteiger partial charge in [-0.05, 0) is 42.5 Å². The van der Waals surface area contributed by atoms with Crippen LogP contribution in [-0.2, 0) is 21.8 Å². The van der Waals surface area contributed by atoms with E-state index in [4.69, 9.17) is 0 Å². The molecule has 0 amide bonds. The Bertz CT molecular complexity index is 880. The molecule has 0 radical (unpaired) electrons. The van der Waals surface area contributed by atoms with Gasteiger partial charge in [-0.2, -0.15) is 13.2 Å². The molecule has 4 nitrogen and oxygen atoms in total. The zero-order valence-corrected chi connectivity index (χ0v) is 14.5. The SMILES string of the molecule is O=S(=O)(NCC(O)(c1ccccc1)C1CC1)c1cccc(C(F)(F)F)c1. The highest BCUT2D eigenvalue weighted by Crippen LogP contribution is 2.45. The van der Waals surface area contributed by atoms with E-state index in [9.17, 15) is 26.7 Å². The first-order valence-corrected chi connectivity index (χ1v) is 9.56. The summed E-state index contributed by atoms with van der Waals surface area (Å²) in [6, 6.07) is 12.2. The van der Waals surface area contributed by atoms with Gasteiger partial charge in [-0.3, -0.25) is 0 Å². The third kappa shape index (κ3) is 3.92. The Hall–Kier alpha value is -1.90. The van der Waals surface area contributed by atoms with Crippen LogP contribution in [0.25, 0.3) is 0 Å². The second kappa shape index (κ2) is 6.68. The van der Waals surface area contributed by atoms with E-state index >= 15 is 0 Å². The molecule has 1 fully saturated rings. The van der Waals surface area contributed by atoms with Crippen LogP contribution in [0.5, 0.6) is 0 Å². The molecule has 1 aliphatic rings. The number of aliphatic hydroxyl groups is 1. The molecule has 2 aromatic carbocycles. The molecule has 140 valence electrons. The van der Waals surface area contributed by atoms with Gasteiger partial charge >= 0.3 is 6.18 Å². The van der Waals surface area contributed by atoms with E-state index in [0.717, 1.165) is 31.0 Å². The molecule has 0 aliphatic heterocycles. The summed E-state index contributed by atoms with van der Waals surface area (Å²) >= 11 is 0. The van der Waals surface area contributed by atoms with Crippen molar-refractivity contribution in [1.29, 1.82) is 0 Å². The van der Waals surface area contributed by atoms with E-state index in [1.807, 2.05) is 0 Å². The molecule has 1 unspecified atom stereocenters. The largest absolute Gasteiger partial charge is 0.416 e. The van der Waals surface area contributed by atoms with Crippen LogP contribution < -0.4 is 4.72 Å². The standard InChI is InChI=1S/C18H18F3NO3S/c19-18(20,21)15-7-4-8-16(11-15)26(24,25)22-12-17(23,14-9-10-14)13-5-2-1-3-6-13/h1-8,11,14,22-23H,9-10,12H2. The van der Waals surface area contributed by atoms with Crippen LogP contribution in [0.3, 0.4) is 0 Å². The van der Waals surface area contributed by atoms with E-state index in [0.29, 0.717) is 11.6 Å². The molecule has 1 atom stereocenters. The monoisotopic (exact) mass is 385 g/mol. The summed E-state index contributed by atoms with van der Waals surface area (Å²) in [6.07, 6.45) is -3.11. The Morgan fingerprint density at radius 3 is 2.19 bits per heavy atom. The average Bonchev–Trinajstić information content (AvgIpc) is 3.45. The number of halogens is 3. The summed E-state index contributed by atoms with van der Waals surface area (Å²) < 4.78 is 65.6. The molecule has 26 heavy (non-hydrogen) atoms. The Morgan fingerprint density at radius 2 is 1.62 bits per heavy atom. The summed E-state index contributed by atoms with van der Waals surface area (Å²) in [5.41, 5.74) is -1.86. The molecule has 1 aliphatic carbocycles. The fourth-order valence-electron chi connectivity index (χ4n) is 2.90. The zero-order valence-electron chi connectivity index (χ0n) is 13.7. The first-order chi connectivity index (χ1) is 12.1. The van der Waals surface area contributed by atoms with Gasteiger partial charge < -0.3 is 5.11 Å². The highest BCUT2D eigenvalue weighted by atomic mass is 32.2. The molecule has 0 saturated heterocycles. The second-order valence-electron chi connectivity index (χ2n) is 6.41. The Balaban J connectivity index is 1.84. The molecule has 0 heterocycles. The summed E-state index contributed by atoms with van der Waals surface area (Å²) in [7, 11) is -4.20. The van der Waals surface area contributed by atoms with Gasteiger partial charge in [0.2, 0.25) is 10.0 Å². The van der Waals surface area contributed by atoms with Crippen molar-refractivity contribution >= 4 is 10.0 Å². The number of rotatable bonds is 6. The van der Waals surface area contributed by atoms with Crippen LogP contribution in [0.1, 0.15) is 24.0 Å². The summed E-state index contributed by atoms with van der Waals surface area (Å²) in [5, 5.41) is 11.0. The first-order valence-electron chi connectivity index (χ1n) is 8.08. The predicted molar refractivity (Wildman–Crippen MR) is 89.7 cm³/mol. The Kier molecular flexibility index (Phi) is 4.85. The Morgan fingerprint density at radius 1 is 1.00 bits per heavy atom. The molecular weight excluding hydrogens is 367 g/mol. The molecule has 3 rings (SSSR count). The van der Waals surface area contributed by atoms with Crippen LogP contribution >= 0.6 is 0 Å². The van der Waals surface area contributed by atoms with Gasteiger partial charge in [-0.1, -0.05) is 36.4 Å². The van der Waals surface area contributed by atoms with E-state index in [1.165, 1.54) is 0 Å². The van der Waals surface area contributed by atoms with Crippen molar-refractivity contribution in [3.63, 3.8) is 0 Å². The minimum absolute atomic E-state index is 0.0888. The number of alkyl halides is 3. The highest BCUT2D eigenvalue weighted by Gasteiger charge is 2.45. The Labute approximate surface area is 149 Å². The maximum absolute atomic E-state index is 12.8. The predicted octanol–water partition coefficient (Wildman–Crippen LogP) is 3.28. The minimum atomic E-state index is -4.63. The van der Waals surface area contributed by atoms with Gasteiger partial charge in [-0.15, -0.1) is 0 Å². The zero-order chi connectivity index (χ0) is 19.0. The van der Waals surface area contributed by atoms with Crippen LogP contribution in [0.2, 0.25) is 0 Å². The number of hydrogen-bond acceptors (Lipinski definition) is 3. The van der Waals surface area contributed by atoms with Gasteiger partial charge in [0.25, 0.3) is 0 Å². The lowest BCUT2D eigenvalue weighted by atomic mass is 9.89. The lowest BCUT2D eigenvalue weighted by Gasteiger charge is -2.29. The number of nitrogens with one attached hydrogen (secondary N) is 1. The van der Waals surface area contributed by atoms with Crippen LogP contribution in [0.4, 0.5) is 13.2 Å². The number of sulfonamides is 1. The molecule has 0 spiro atoms. The van der Waals surface area contributed by atoms with E-state index in [1.54, 1.807) is 30.3 Å². The summed E-state index contributed by atoms with van der Waals surface area (Å²) in [6.45, 7) is -0.305. The summed E-state index contributed by atoms with van der Waals surface area (Å²) in [5.74, 6) is -0.0888. The summed E-state index contributed by atoms with van der Waals surface area (Å²) in [4.78, 5) is -0.487. The normalized spacial score (nSPS) is 17.7. The number of benzene rings is 2. The lowest BCUT2D eigenvalue weighted by molar-refractivity contribution is -0.137. The highest BCUT2D eigenvalue weighted by molar-refractivity contribution is 7.89. The van der Waals surface area contributed by atoms with E-state index in [-0.39, 0.29) is 12.5 Å². The smallest absolute Gasteiger partial charge is 0.383 e. The van der Waals surface area contributed by atoms with Crippen LogP contribution in [0.15, 0.2) is 59.5 Å². The van der Waals surface area contributed by atoms with Gasteiger partial charge in [0, 0.05) is 6.54 Å². The van der Waals surface area contributed by atoms with Gasteiger partial charge in [0.1, 0.15) is 5.60 Å². The van der Waals surface area contributed by atoms with Crippen molar-refractivity contribution in [2.45, 2.75) is 29.5 Å². The van der Waals surface area contributed by atoms with Crippen molar-refractivity contribution in [1.82, 2.24) is 4.72 Å². The van der Waals surface area contributed by atoms with Crippen molar-refractivity contribution in [3.8, 4) is 0 Å². The third-order valence-electron chi connectivity index (χ3n) is 4.53. The van der Waals surface area contributed by atoms with Crippen molar-refractivity contribution in [2.24, 2.45) is 5.92 Å². The molecule has 8 heteroatoms. The molecule has 1 saturated carbocycles. The molecule has 2 aromatic rings. The van der Waals surface area contributed by atoms with Crippen LogP contribution in [0, 0.1) is 5.92 Å². The number of hydrogen-bond donors (Lipinski definition) is 2. The van der Waals surface area contributed by atoms with Crippen molar-refractivity contribution in [3.05, 3.63) is 65.7 Å². The lowest BCUT2D eigenvalue weighted by Crippen LogP contribution is -2.42. The van der Waals surface area contributed by atoms with E-state index < -0.39 is 32.3 Å². The van der Waals surface area contributed by atoms with Gasteiger partial charge in [0.05, 0.1) is 10.5 Å². The van der Waals surface area contributed by atoms with E-state index in [2.05, 4.69) is 4.72 Å². The first kappa shape index (κ1) is 18.9. The molecule has 0 aromatic heterocycles. The third-order valence-corrected chi connectivity index (χ3v) is 5.93. The van der Waals surface area contributed by atoms with Gasteiger partial charge in [0.15, 0.2) is 0 Å². The van der Waals surface area contributed by atoms with Crippen molar-refractivity contribution < 1.29 is 26.7 Å². The van der Waals surface area contributed by atoms with Crippen molar-refractivity contribution in [2.75, 3.05) is 6.54 Å². The van der Waals surface area contributed by atoms with Crippen LogP contribution in [-0.4, -0.2) is 20.1 Å². The average molecular weight is 385 g/mol. The minimum Gasteiger partial charge on any atom is -0.383 e. The van der Waals surface area contributed by atoms with Gasteiger partial charge in [-0.25, -0.2) is 13.1 Å². The molecule has 0 bridgehead atoms. The molecule has 2 N–H and O–H groups in total. The second-order valence-corrected chi connectivity index (χ2v) is 8.18. The molecular formula is C18H18F3NO3S.